The zero-order chi connectivity index (χ0) is 30.6. The van der Waals surface area contributed by atoms with Crippen molar-refractivity contribution < 1.29 is 35.9 Å². The van der Waals surface area contributed by atoms with E-state index in [0.717, 1.165) is 0 Å². The van der Waals surface area contributed by atoms with E-state index >= 15 is 0 Å². The lowest BCUT2D eigenvalue weighted by molar-refractivity contribution is -0.0223. The Bertz CT molecular complexity index is 1650. The average molecular weight is 627 g/mol. The van der Waals surface area contributed by atoms with Crippen LogP contribution in [0.15, 0.2) is 30.6 Å². The molecule has 0 radical (unpaired) electrons. The minimum atomic E-state index is -3.87. The molecule has 12 nitrogen and oxygen atoms in total. The summed E-state index contributed by atoms with van der Waals surface area (Å²) in [5, 5.41) is 15.9. The monoisotopic (exact) mass is 626 g/mol. The largest absolute Gasteiger partial charge is 0.395 e. The van der Waals surface area contributed by atoms with Crippen molar-refractivity contribution >= 4 is 44.7 Å². The maximum Gasteiger partial charge on any atom is 0.258 e. The molecule has 2 aliphatic heterocycles. The minimum Gasteiger partial charge on any atom is -0.395 e. The van der Waals surface area contributed by atoms with Crippen LogP contribution in [0.1, 0.15) is 36.0 Å². The highest BCUT2D eigenvalue weighted by Gasteiger charge is 2.62. The lowest BCUT2D eigenvalue weighted by Gasteiger charge is -2.34. The van der Waals surface area contributed by atoms with Gasteiger partial charge in [0.05, 0.1) is 29.3 Å². The van der Waals surface area contributed by atoms with E-state index in [9.17, 15) is 30.8 Å². The fourth-order valence-electron chi connectivity index (χ4n) is 5.95. The number of carbonyl (C=O) groups is 1. The second-order valence-electron chi connectivity index (χ2n) is 11.3. The van der Waals surface area contributed by atoms with Crippen molar-refractivity contribution in [3.05, 3.63) is 36.2 Å². The lowest BCUT2D eigenvalue weighted by atomic mass is 9.95. The number of nitrogens with one attached hydrogen (secondary N) is 2. The number of aliphatic hydroxyl groups excluding tert-OH is 1. The predicted molar refractivity (Wildman–Crippen MR) is 149 cm³/mol. The molecule has 4 heterocycles. The molecule has 1 amide bonds. The minimum absolute atomic E-state index is 0.0282. The number of anilines is 4. The van der Waals surface area contributed by atoms with E-state index in [2.05, 4.69) is 25.1 Å². The van der Waals surface area contributed by atoms with Crippen LogP contribution in [0.4, 0.5) is 40.7 Å². The maximum absolute atomic E-state index is 13.8. The van der Waals surface area contributed by atoms with Gasteiger partial charge in [-0.05, 0) is 37.0 Å². The number of aromatic nitrogens is 4. The van der Waals surface area contributed by atoms with Gasteiger partial charge in [-0.1, -0.05) is 0 Å². The van der Waals surface area contributed by atoms with Crippen LogP contribution in [0, 0.1) is 11.3 Å². The van der Waals surface area contributed by atoms with Crippen LogP contribution in [0.3, 0.4) is 0 Å². The topological polar surface area (TPSA) is 145 Å². The number of carbonyl (C=O) groups excluding carboxylic acids is 1. The first-order chi connectivity index (χ1) is 20.4. The van der Waals surface area contributed by atoms with E-state index < -0.39 is 46.1 Å². The van der Waals surface area contributed by atoms with Crippen LogP contribution < -0.4 is 19.8 Å². The molecule has 43 heavy (non-hydrogen) atoms. The summed E-state index contributed by atoms with van der Waals surface area (Å²) in [6.07, 6.45) is -1.28. The van der Waals surface area contributed by atoms with Crippen LogP contribution in [0.25, 0.3) is 5.65 Å². The molecule has 3 aromatic rings. The molecule has 232 valence electrons. The summed E-state index contributed by atoms with van der Waals surface area (Å²) >= 11 is 0. The average Bonchev–Trinajstić information content (AvgIpc) is 3.51. The quantitative estimate of drug-likeness (QED) is 0.306. The van der Waals surface area contributed by atoms with Crippen LogP contribution in [0.2, 0.25) is 0 Å². The molecule has 0 bridgehead atoms. The summed E-state index contributed by atoms with van der Waals surface area (Å²) in [6, 6.07) is 5.76. The van der Waals surface area contributed by atoms with Crippen molar-refractivity contribution in [2.45, 2.75) is 38.0 Å². The number of sulfonamides is 1. The number of hydrogen-bond acceptors (Lipinski definition) is 9. The second kappa shape index (κ2) is 10.8. The molecule has 1 saturated carbocycles. The zero-order valence-corrected chi connectivity index (χ0v) is 23.7. The normalized spacial score (nSPS) is 23.3. The van der Waals surface area contributed by atoms with E-state index in [0.29, 0.717) is 17.8 Å². The molecule has 3 aliphatic rings. The van der Waals surface area contributed by atoms with Gasteiger partial charge in [0.15, 0.2) is 5.65 Å². The van der Waals surface area contributed by atoms with Gasteiger partial charge in [-0.2, -0.15) is 14.6 Å². The highest BCUT2D eigenvalue weighted by atomic mass is 32.2. The number of hydrogen-bond donors (Lipinski definition) is 3. The SMILES string of the molecule is O=C(Nc1cc2ncnn2c(N2CCC(F)(F)CC2)n1)c1ccc(NS(=O)(=O)CCO)cc1N1CC[C@@]2(C(F)F)C[C@H]2C1. The van der Waals surface area contributed by atoms with Crippen LogP contribution >= 0.6 is 0 Å². The van der Waals surface area contributed by atoms with Crippen molar-refractivity contribution in [3.63, 3.8) is 0 Å². The Morgan fingerprint density at radius 1 is 1.12 bits per heavy atom. The Hall–Kier alpha value is -3.73. The first-order valence-corrected chi connectivity index (χ1v) is 15.5. The molecule has 2 saturated heterocycles. The number of rotatable bonds is 9. The first kappa shape index (κ1) is 29.3. The Balaban J connectivity index is 1.30. The number of halogens is 4. The molecular formula is C26H30F4N8O4S. The molecule has 2 atom stereocenters. The number of fused-ring (bicyclic) bond motifs is 2. The molecule has 1 aliphatic carbocycles. The van der Waals surface area contributed by atoms with Gasteiger partial charge >= 0.3 is 0 Å². The van der Waals surface area contributed by atoms with Gasteiger partial charge in [0.1, 0.15) is 12.1 Å². The number of amides is 1. The van der Waals surface area contributed by atoms with Gasteiger partial charge in [-0.25, -0.2) is 31.0 Å². The van der Waals surface area contributed by atoms with Crippen molar-refractivity contribution in [2.24, 2.45) is 11.3 Å². The van der Waals surface area contributed by atoms with E-state index in [4.69, 9.17) is 5.11 Å². The molecule has 0 unspecified atom stereocenters. The van der Waals surface area contributed by atoms with Crippen molar-refractivity contribution in [2.75, 3.05) is 58.4 Å². The predicted octanol–water partition coefficient (Wildman–Crippen LogP) is 2.83. The van der Waals surface area contributed by atoms with E-state index in [1.165, 1.54) is 35.1 Å². The Morgan fingerprint density at radius 3 is 2.56 bits per heavy atom. The highest BCUT2D eigenvalue weighted by molar-refractivity contribution is 7.92. The van der Waals surface area contributed by atoms with E-state index in [1.54, 1.807) is 9.80 Å². The Morgan fingerprint density at radius 2 is 1.86 bits per heavy atom. The third kappa shape index (κ3) is 5.79. The zero-order valence-electron chi connectivity index (χ0n) is 22.9. The maximum atomic E-state index is 13.8. The number of piperidine rings is 2. The third-order valence-electron chi connectivity index (χ3n) is 8.49. The molecular weight excluding hydrogens is 596 g/mol. The van der Waals surface area contributed by atoms with E-state index in [-0.39, 0.29) is 74.4 Å². The second-order valence-corrected chi connectivity index (χ2v) is 13.1. The first-order valence-electron chi connectivity index (χ1n) is 13.8. The van der Waals surface area contributed by atoms with Crippen molar-refractivity contribution in [3.8, 4) is 0 Å². The van der Waals surface area contributed by atoms with Crippen LogP contribution in [-0.2, 0) is 10.0 Å². The van der Waals surface area contributed by atoms with Crippen LogP contribution in [0.5, 0.6) is 0 Å². The Labute approximate surface area is 244 Å². The van der Waals surface area contributed by atoms with Gasteiger partial charge in [0.2, 0.25) is 22.4 Å². The Kier molecular flexibility index (Phi) is 7.35. The van der Waals surface area contributed by atoms with Gasteiger partial charge in [0.25, 0.3) is 11.8 Å². The smallest absolute Gasteiger partial charge is 0.258 e. The number of alkyl halides is 4. The van der Waals surface area contributed by atoms with Gasteiger partial charge < -0.3 is 20.2 Å². The summed E-state index contributed by atoms with van der Waals surface area (Å²) < 4.78 is 83.3. The molecule has 1 aromatic carbocycles. The number of benzene rings is 1. The molecule has 17 heteroatoms. The summed E-state index contributed by atoms with van der Waals surface area (Å²) in [5.74, 6) is -3.84. The van der Waals surface area contributed by atoms with Crippen molar-refractivity contribution in [1.82, 2.24) is 19.6 Å². The molecule has 3 fully saturated rings. The number of aliphatic hydroxyl groups is 1. The van der Waals surface area contributed by atoms with Gasteiger partial charge in [0, 0.05) is 50.5 Å². The van der Waals surface area contributed by atoms with Crippen LogP contribution in [-0.4, -0.2) is 89.9 Å². The van der Waals surface area contributed by atoms with E-state index in [1.807, 2.05) is 0 Å². The molecule has 6 rings (SSSR count). The molecule has 0 spiro atoms. The van der Waals surface area contributed by atoms with Gasteiger partial charge in [-0.15, -0.1) is 0 Å². The summed E-state index contributed by atoms with van der Waals surface area (Å²) in [4.78, 5) is 25.7. The summed E-state index contributed by atoms with van der Waals surface area (Å²) in [5.41, 5.74) is -0.0459. The van der Waals surface area contributed by atoms with Gasteiger partial charge in [-0.3, -0.25) is 9.52 Å². The molecule has 2 aromatic heterocycles. The number of nitrogens with zero attached hydrogens (tertiary/aromatic N) is 6. The lowest BCUT2D eigenvalue weighted by Crippen LogP contribution is -2.40. The standard InChI is InChI=1S/C26H30F4N8O4S/c27-23(28)25-3-6-37(14-16(25)13-25)19-11-17(35-43(41,42)10-9-39)1-2-18(19)22(40)33-20-12-21-31-15-32-38(21)24(34-20)36-7-4-26(29,30)5-8-36/h1-2,11-12,15-16,23,35,39H,3-10,13-14H2,(H,33,40)/t16-,25+/m0/s1. The highest BCUT2D eigenvalue weighted by Crippen LogP contribution is 2.61. The molecule has 3 N–H and O–H groups in total. The summed E-state index contributed by atoms with van der Waals surface area (Å²) in [6.45, 7) is -0.0228. The third-order valence-corrected chi connectivity index (χ3v) is 9.75. The summed E-state index contributed by atoms with van der Waals surface area (Å²) in [7, 11) is -3.87. The fraction of sp³-hybridized carbons (Fsp3) is 0.538. The van der Waals surface area contributed by atoms with Crippen molar-refractivity contribution in [1.29, 1.82) is 0 Å². The fourth-order valence-corrected chi connectivity index (χ4v) is 6.77.